The summed E-state index contributed by atoms with van der Waals surface area (Å²) in [4.78, 5) is 12.0. The first-order valence-corrected chi connectivity index (χ1v) is 8.42. The molecule has 1 heterocycles. The van der Waals surface area contributed by atoms with Gasteiger partial charge in [-0.25, -0.2) is 8.42 Å². The molecule has 1 aliphatic rings. The molecule has 0 atom stereocenters. The molecule has 0 saturated carbocycles. The topological polar surface area (TPSA) is 87.3 Å². The van der Waals surface area contributed by atoms with Crippen LogP contribution >= 0.6 is 0 Å². The molecule has 1 aliphatic heterocycles. The molecule has 3 N–H and O–H groups in total. The summed E-state index contributed by atoms with van der Waals surface area (Å²) in [5.74, 6) is -0.122. The van der Waals surface area contributed by atoms with Crippen LogP contribution in [0, 0.1) is 0 Å². The number of piperidine rings is 1. The molecule has 7 heteroatoms. The predicted molar refractivity (Wildman–Crippen MR) is 78.3 cm³/mol. The second kappa shape index (κ2) is 6.23. The molecule has 0 radical (unpaired) electrons. The maximum Gasteiger partial charge on any atom is 0.251 e. The van der Waals surface area contributed by atoms with Crippen molar-refractivity contribution in [1.82, 2.24) is 10.6 Å². The van der Waals surface area contributed by atoms with Crippen molar-refractivity contribution in [2.24, 2.45) is 0 Å². The van der Waals surface area contributed by atoms with Gasteiger partial charge in [-0.15, -0.1) is 0 Å². The Morgan fingerprint density at radius 1 is 1.20 bits per heavy atom. The molecule has 20 heavy (non-hydrogen) atoms. The van der Waals surface area contributed by atoms with Crippen molar-refractivity contribution < 1.29 is 13.2 Å². The molecule has 1 fully saturated rings. The van der Waals surface area contributed by atoms with Gasteiger partial charge in [-0.1, -0.05) is 0 Å². The first kappa shape index (κ1) is 14.8. The van der Waals surface area contributed by atoms with E-state index in [1.54, 1.807) is 24.3 Å². The van der Waals surface area contributed by atoms with Crippen LogP contribution in [0.4, 0.5) is 5.69 Å². The van der Waals surface area contributed by atoms with Crippen molar-refractivity contribution in [3.05, 3.63) is 29.8 Å². The van der Waals surface area contributed by atoms with Gasteiger partial charge >= 0.3 is 0 Å². The van der Waals surface area contributed by atoms with E-state index in [-0.39, 0.29) is 11.9 Å². The zero-order valence-electron chi connectivity index (χ0n) is 11.3. The number of carbonyl (C=O) groups excluding carboxylic acids is 1. The van der Waals surface area contributed by atoms with Crippen LogP contribution in [-0.2, 0) is 10.0 Å². The summed E-state index contributed by atoms with van der Waals surface area (Å²) >= 11 is 0. The molecule has 1 amide bonds. The van der Waals surface area contributed by atoms with Gasteiger partial charge in [-0.05, 0) is 50.2 Å². The van der Waals surface area contributed by atoms with Crippen LogP contribution in [0.3, 0.4) is 0 Å². The predicted octanol–water partition coefficient (Wildman–Crippen LogP) is 0.540. The summed E-state index contributed by atoms with van der Waals surface area (Å²) in [5.41, 5.74) is 0.980. The van der Waals surface area contributed by atoms with Crippen LogP contribution in [0.1, 0.15) is 23.2 Å². The van der Waals surface area contributed by atoms with Crippen LogP contribution in [0.5, 0.6) is 0 Å². The lowest BCUT2D eigenvalue weighted by molar-refractivity contribution is 0.0929. The van der Waals surface area contributed by atoms with Crippen molar-refractivity contribution >= 4 is 21.6 Å². The second-order valence-electron chi connectivity index (χ2n) is 4.95. The Morgan fingerprint density at radius 3 is 2.35 bits per heavy atom. The third-order valence-corrected chi connectivity index (χ3v) is 3.73. The Labute approximate surface area is 119 Å². The molecule has 1 aromatic rings. The minimum Gasteiger partial charge on any atom is -0.349 e. The van der Waals surface area contributed by atoms with E-state index in [4.69, 9.17) is 0 Å². The maximum absolute atomic E-state index is 12.0. The summed E-state index contributed by atoms with van der Waals surface area (Å²) in [6, 6.07) is 6.60. The van der Waals surface area contributed by atoms with E-state index in [9.17, 15) is 13.2 Å². The third kappa shape index (κ3) is 4.50. The Bertz CT molecular complexity index is 563. The van der Waals surface area contributed by atoms with E-state index >= 15 is 0 Å². The van der Waals surface area contributed by atoms with Crippen molar-refractivity contribution in [1.29, 1.82) is 0 Å². The van der Waals surface area contributed by atoms with Gasteiger partial charge in [0.2, 0.25) is 10.0 Å². The van der Waals surface area contributed by atoms with Gasteiger partial charge in [0.1, 0.15) is 0 Å². The number of sulfonamides is 1. The average Bonchev–Trinajstić information content (AvgIpc) is 2.39. The highest BCUT2D eigenvalue weighted by molar-refractivity contribution is 7.92. The third-order valence-electron chi connectivity index (χ3n) is 3.12. The Kier molecular flexibility index (Phi) is 4.61. The molecule has 110 valence electrons. The standard InChI is InChI=1S/C13H19N3O3S/c1-20(18,19)16-12-4-2-10(3-5-12)13(17)15-11-6-8-14-9-7-11/h2-5,11,14,16H,6-9H2,1H3,(H,15,17). The number of rotatable bonds is 4. The number of carbonyl (C=O) groups is 1. The molecule has 1 saturated heterocycles. The van der Waals surface area contributed by atoms with E-state index in [0.717, 1.165) is 32.2 Å². The number of anilines is 1. The number of nitrogens with one attached hydrogen (secondary N) is 3. The molecule has 0 aliphatic carbocycles. The Morgan fingerprint density at radius 2 is 1.80 bits per heavy atom. The largest absolute Gasteiger partial charge is 0.349 e. The highest BCUT2D eigenvalue weighted by atomic mass is 32.2. The fourth-order valence-electron chi connectivity index (χ4n) is 2.14. The molecular formula is C13H19N3O3S. The van der Waals surface area contributed by atoms with Gasteiger partial charge in [0.15, 0.2) is 0 Å². The summed E-state index contributed by atoms with van der Waals surface area (Å²) < 4.78 is 24.5. The van der Waals surface area contributed by atoms with E-state index in [2.05, 4.69) is 15.4 Å². The fourth-order valence-corrected chi connectivity index (χ4v) is 2.70. The van der Waals surface area contributed by atoms with E-state index in [1.807, 2.05) is 0 Å². The zero-order chi connectivity index (χ0) is 14.6. The lowest BCUT2D eigenvalue weighted by Crippen LogP contribution is -2.42. The van der Waals surface area contributed by atoms with Crippen molar-refractivity contribution in [2.45, 2.75) is 18.9 Å². The van der Waals surface area contributed by atoms with Gasteiger partial charge < -0.3 is 10.6 Å². The zero-order valence-corrected chi connectivity index (χ0v) is 12.2. The SMILES string of the molecule is CS(=O)(=O)Nc1ccc(C(=O)NC2CCNCC2)cc1. The lowest BCUT2D eigenvalue weighted by Gasteiger charge is -2.23. The van der Waals surface area contributed by atoms with Crippen LogP contribution < -0.4 is 15.4 Å². The van der Waals surface area contributed by atoms with Crippen molar-refractivity contribution in [2.75, 3.05) is 24.1 Å². The minimum absolute atomic E-state index is 0.122. The number of hydrogen-bond donors (Lipinski definition) is 3. The molecule has 0 spiro atoms. The maximum atomic E-state index is 12.0. The monoisotopic (exact) mass is 297 g/mol. The van der Waals surface area contributed by atoms with Gasteiger partial charge in [-0.2, -0.15) is 0 Å². The summed E-state index contributed by atoms with van der Waals surface area (Å²) in [7, 11) is -3.29. The highest BCUT2D eigenvalue weighted by Crippen LogP contribution is 2.11. The van der Waals surface area contributed by atoms with E-state index in [0.29, 0.717) is 11.3 Å². The second-order valence-corrected chi connectivity index (χ2v) is 6.70. The summed E-state index contributed by atoms with van der Waals surface area (Å²) in [5, 5.41) is 6.23. The molecule has 0 bridgehead atoms. The van der Waals surface area contributed by atoms with Gasteiger partial charge in [0, 0.05) is 17.3 Å². The normalized spacial score (nSPS) is 16.6. The van der Waals surface area contributed by atoms with Gasteiger partial charge in [-0.3, -0.25) is 9.52 Å². The van der Waals surface area contributed by atoms with Crippen LogP contribution in [0.2, 0.25) is 0 Å². The molecule has 0 unspecified atom stereocenters. The number of amides is 1. The molecular weight excluding hydrogens is 278 g/mol. The van der Waals surface area contributed by atoms with Crippen LogP contribution in [0.15, 0.2) is 24.3 Å². The smallest absolute Gasteiger partial charge is 0.251 e. The van der Waals surface area contributed by atoms with E-state index < -0.39 is 10.0 Å². The summed E-state index contributed by atoms with van der Waals surface area (Å²) in [6.07, 6.45) is 2.95. The number of benzene rings is 1. The van der Waals surface area contributed by atoms with Crippen molar-refractivity contribution in [3.8, 4) is 0 Å². The molecule has 6 nitrogen and oxygen atoms in total. The minimum atomic E-state index is -3.29. The van der Waals surface area contributed by atoms with Crippen molar-refractivity contribution in [3.63, 3.8) is 0 Å². The van der Waals surface area contributed by atoms with Gasteiger partial charge in [0.25, 0.3) is 5.91 Å². The molecule has 1 aromatic carbocycles. The lowest BCUT2D eigenvalue weighted by atomic mass is 10.1. The molecule has 2 rings (SSSR count). The Hall–Kier alpha value is -1.60. The quantitative estimate of drug-likeness (QED) is 0.757. The first-order valence-electron chi connectivity index (χ1n) is 6.53. The van der Waals surface area contributed by atoms with Gasteiger partial charge in [0.05, 0.1) is 6.26 Å². The van der Waals surface area contributed by atoms with E-state index in [1.165, 1.54) is 0 Å². The molecule has 0 aromatic heterocycles. The fraction of sp³-hybridized carbons (Fsp3) is 0.462. The average molecular weight is 297 g/mol. The highest BCUT2D eigenvalue weighted by Gasteiger charge is 2.16. The number of hydrogen-bond acceptors (Lipinski definition) is 4. The summed E-state index contributed by atoms with van der Waals surface area (Å²) in [6.45, 7) is 1.84. The van der Waals surface area contributed by atoms with Crippen LogP contribution in [-0.4, -0.2) is 39.7 Å². The Balaban J connectivity index is 1.96. The van der Waals surface area contributed by atoms with Crippen LogP contribution in [0.25, 0.3) is 0 Å². The first-order chi connectivity index (χ1) is 9.44.